The normalized spacial score (nSPS) is 13.9. The Hall–Kier alpha value is -1.13. The van der Waals surface area contributed by atoms with Crippen LogP contribution >= 0.6 is 11.6 Å². The largest absolute Gasteiger partial charge is 0.374 e. The Labute approximate surface area is 123 Å². The minimum atomic E-state index is -0.366. The molecule has 0 spiro atoms. The van der Waals surface area contributed by atoms with Crippen molar-refractivity contribution in [2.45, 2.75) is 45.2 Å². The van der Waals surface area contributed by atoms with Gasteiger partial charge in [-0.3, -0.25) is 0 Å². The molecule has 1 heterocycles. The summed E-state index contributed by atoms with van der Waals surface area (Å²) in [4.78, 5) is 4.36. The van der Waals surface area contributed by atoms with Gasteiger partial charge in [0.2, 0.25) is 0 Å². The highest BCUT2D eigenvalue weighted by molar-refractivity contribution is 6.20. The van der Waals surface area contributed by atoms with E-state index in [0.717, 1.165) is 5.52 Å². The van der Waals surface area contributed by atoms with Gasteiger partial charge >= 0.3 is 0 Å². The summed E-state index contributed by atoms with van der Waals surface area (Å²) >= 11 is 6.19. The third-order valence-corrected chi connectivity index (χ3v) is 3.38. The number of hydrogen-bond donors (Lipinski definition) is 0. The molecule has 110 valence electrons. The average Bonchev–Trinajstić information content (AvgIpc) is 2.69. The zero-order valence-electron chi connectivity index (χ0n) is 12.3. The van der Waals surface area contributed by atoms with Crippen molar-refractivity contribution < 1.29 is 9.13 Å². The van der Waals surface area contributed by atoms with E-state index in [-0.39, 0.29) is 16.8 Å². The van der Waals surface area contributed by atoms with Gasteiger partial charge in [-0.15, -0.1) is 11.6 Å². The van der Waals surface area contributed by atoms with Gasteiger partial charge in [-0.2, -0.15) is 0 Å². The highest BCUT2D eigenvalue weighted by Crippen LogP contribution is 2.28. The van der Waals surface area contributed by atoms with Crippen LogP contribution in [0.3, 0.4) is 0 Å². The lowest BCUT2D eigenvalue weighted by Gasteiger charge is -2.26. The summed E-state index contributed by atoms with van der Waals surface area (Å²) in [6, 6.07) is 4.96. The molecule has 0 aliphatic carbocycles. The van der Waals surface area contributed by atoms with Gasteiger partial charge in [0.1, 0.15) is 11.3 Å². The van der Waals surface area contributed by atoms with Crippen LogP contribution < -0.4 is 0 Å². The van der Waals surface area contributed by atoms with Crippen LogP contribution in [0.4, 0.5) is 4.39 Å². The lowest BCUT2D eigenvalue weighted by molar-refractivity contribution is -0.0221. The Bertz CT molecular complexity index is 607. The molecule has 0 aliphatic heterocycles. The molecule has 2 rings (SSSR count). The van der Waals surface area contributed by atoms with E-state index in [1.165, 1.54) is 6.07 Å². The summed E-state index contributed by atoms with van der Waals surface area (Å²) in [7, 11) is 0. The maximum absolute atomic E-state index is 13.9. The first kappa shape index (κ1) is 15.3. The van der Waals surface area contributed by atoms with Crippen molar-refractivity contribution in [2.24, 2.45) is 0 Å². The van der Waals surface area contributed by atoms with Crippen LogP contribution in [0, 0.1) is 5.82 Å². The number of nitrogens with zero attached hydrogens (tertiary/aromatic N) is 2. The smallest absolute Gasteiger partial charge is 0.151 e. The lowest BCUT2D eigenvalue weighted by Crippen LogP contribution is -2.31. The van der Waals surface area contributed by atoms with E-state index < -0.39 is 0 Å². The SMILES string of the molecule is CCOC(C)(C)Cn1c(C(C)Cl)nc2c(F)cccc21. The summed E-state index contributed by atoms with van der Waals surface area (Å²) in [5, 5.41) is -0.292. The fourth-order valence-electron chi connectivity index (χ4n) is 2.42. The number of benzene rings is 1. The molecule has 0 saturated carbocycles. The van der Waals surface area contributed by atoms with Gasteiger partial charge < -0.3 is 9.30 Å². The van der Waals surface area contributed by atoms with E-state index in [2.05, 4.69) is 4.98 Å². The van der Waals surface area contributed by atoms with Gasteiger partial charge in [-0.1, -0.05) is 6.07 Å². The molecule has 0 amide bonds. The summed E-state index contributed by atoms with van der Waals surface area (Å²) in [6.45, 7) is 9.00. The van der Waals surface area contributed by atoms with Crippen molar-refractivity contribution in [1.29, 1.82) is 0 Å². The van der Waals surface area contributed by atoms with Crippen LogP contribution in [0.15, 0.2) is 18.2 Å². The molecule has 0 saturated heterocycles. The lowest BCUT2D eigenvalue weighted by atomic mass is 10.1. The van der Waals surface area contributed by atoms with Crippen LogP contribution in [0.25, 0.3) is 11.0 Å². The van der Waals surface area contributed by atoms with Crippen molar-refractivity contribution in [3.8, 4) is 0 Å². The first-order chi connectivity index (χ1) is 9.35. The zero-order chi connectivity index (χ0) is 14.9. The number of para-hydroxylation sites is 1. The molecule has 0 radical (unpaired) electrons. The minimum Gasteiger partial charge on any atom is -0.374 e. The number of halogens is 2. The fourth-order valence-corrected chi connectivity index (χ4v) is 2.58. The molecular formula is C15H20ClFN2O. The number of rotatable bonds is 5. The van der Waals surface area contributed by atoms with Gasteiger partial charge in [0.25, 0.3) is 0 Å². The summed E-state index contributed by atoms with van der Waals surface area (Å²) < 4.78 is 21.6. The van der Waals surface area contributed by atoms with Crippen LogP contribution in [0.2, 0.25) is 0 Å². The Balaban J connectivity index is 2.55. The first-order valence-corrected chi connectivity index (χ1v) is 7.22. The predicted molar refractivity (Wildman–Crippen MR) is 79.7 cm³/mol. The molecule has 2 aromatic rings. The van der Waals surface area contributed by atoms with Gasteiger partial charge in [-0.25, -0.2) is 9.37 Å². The molecule has 5 heteroatoms. The van der Waals surface area contributed by atoms with Gasteiger partial charge in [0, 0.05) is 6.61 Å². The average molecular weight is 299 g/mol. The number of alkyl halides is 1. The molecule has 1 unspecified atom stereocenters. The van der Waals surface area contributed by atoms with Crippen molar-refractivity contribution in [3.63, 3.8) is 0 Å². The van der Waals surface area contributed by atoms with Crippen LogP contribution in [0.1, 0.15) is 38.9 Å². The first-order valence-electron chi connectivity index (χ1n) is 6.78. The fraction of sp³-hybridized carbons (Fsp3) is 0.533. The maximum Gasteiger partial charge on any atom is 0.151 e. The maximum atomic E-state index is 13.9. The topological polar surface area (TPSA) is 27.1 Å². The van der Waals surface area contributed by atoms with Gasteiger partial charge in [-0.05, 0) is 39.8 Å². The van der Waals surface area contributed by atoms with E-state index in [0.29, 0.717) is 24.5 Å². The molecule has 0 fully saturated rings. The minimum absolute atomic E-state index is 0.292. The number of imidazole rings is 1. The Morgan fingerprint density at radius 1 is 1.45 bits per heavy atom. The standard InChI is InChI=1S/C15H20ClFN2O/c1-5-20-15(3,4)9-19-12-8-6-7-11(17)13(12)18-14(19)10(2)16/h6-8,10H,5,9H2,1-4H3. The Morgan fingerprint density at radius 3 is 2.75 bits per heavy atom. The third kappa shape index (κ3) is 2.96. The molecule has 1 aromatic heterocycles. The van der Waals surface area contributed by atoms with E-state index in [1.807, 2.05) is 38.3 Å². The van der Waals surface area contributed by atoms with Crippen molar-refractivity contribution in [1.82, 2.24) is 9.55 Å². The number of aromatic nitrogens is 2. The second-order valence-electron chi connectivity index (χ2n) is 5.47. The predicted octanol–water partition coefficient (Wildman–Crippen LogP) is 4.29. The molecular weight excluding hydrogens is 279 g/mol. The Kier molecular flexibility index (Phi) is 4.35. The quantitative estimate of drug-likeness (QED) is 0.770. The van der Waals surface area contributed by atoms with Gasteiger partial charge in [0.15, 0.2) is 5.82 Å². The third-order valence-electron chi connectivity index (χ3n) is 3.19. The van der Waals surface area contributed by atoms with E-state index in [1.54, 1.807) is 6.07 Å². The molecule has 3 nitrogen and oxygen atoms in total. The molecule has 0 aliphatic rings. The monoisotopic (exact) mass is 298 g/mol. The highest BCUT2D eigenvalue weighted by Gasteiger charge is 2.24. The van der Waals surface area contributed by atoms with E-state index >= 15 is 0 Å². The van der Waals surface area contributed by atoms with Crippen molar-refractivity contribution >= 4 is 22.6 Å². The van der Waals surface area contributed by atoms with E-state index in [9.17, 15) is 4.39 Å². The van der Waals surface area contributed by atoms with Gasteiger partial charge in [0.05, 0.1) is 23.0 Å². The van der Waals surface area contributed by atoms with Crippen LogP contribution in [-0.2, 0) is 11.3 Å². The molecule has 0 N–H and O–H groups in total. The highest BCUT2D eigenvalue weighted by atomic mass is 35.5. The summed E-state index contributed by atoms with van der Waals surface area (Å²) in [6.07, 6.45) is 0. The number of fused-ring (bicyclic) bond motifs is 1. The second-order valence-corrected chi connectivity index (χ2v) is 6.13. The molecule has 1 aromatic carbocycles. The second kappa shape index (κ2) is 5.70. The van der Waals surface area contributed by atoms with Crippen molar-refractivity contribution in [3.05, 3.63) is 29.8 Å². The number of hydrogen-bond acceptors (Lipinski definition) is 2. The summed E-state index contributed by atoms with van der Waals surface area (Å²) in [5.41, 5.74) is 0.748. The van der Waals surface area contributed by atoms with Crippen molar-refractivity contribution in [2.75, 3.05) is 6.61 Å². The molecule has 20 heavy (non-hydrogen) atoms. The zero-order valence-corrected chi connectivity index (χ0v) is 13.0. The van der Waals surface area contributed by atoms with Crippen LogP contribution in [0.5, 0.6) is 0 Å². The molecule has 1 atom stereocenters. The number of ether oxygens (including phenoxy) is 1. The van der Waals surface area contributed by atoms with Crippen LogP contribution in [-0.4, -0.2) is 21.8 Å². The summed E-state index contributed by atoms with van der Waals surface area (Å²) in [5.74, 6) is 0.341. The molecule has 0 bridgehead atoms. The van der Waals surface area contributed by atoms with E-state index in [4.69, 9.17) is 16.3 Å². The Morgan fingerprint density at radius 2 is 2.15 bits per heavy atom.